The number of benzene rings is 2. The van der Waals surface area contributed by atoms with Crippen LogP contribution in [0.4, 0.5) is 0 Å². The molecular formula is C20H20N2O2S. The van der Waals surface area contributed by atoms with Gasteiger partial charge in [-0.15, -0.1) is 0 Å². The summed E-state index contributed by atoms with van der Waals surface area (Å²) in [5.74, 6) is 0.622. The van der Waals surface area contributed by atoms with Gasteiger partial charge in [0.05, 0.1) is 22.9 Å². The maximum atomic E-state index is 12.8. The van der Waals surface area contributed by atoms with Gasteiger partial charge in [0.15, 0.2) is 0 Å². The van der Waals surface area contributed by atoms with Gasteiger partial charge in [-0.1, -0.05) is 30.0 Å². The molecule has 1 aromatic heterocycles. The molecule has 0 fully saturated rings. The lowest BCUT2D eigenvalue weighted by Gasteiger charge is -2.06. The molecule has 0 atom stereocenters. The third-order valence-corrected chi connectivity index (χ3v) is 5.10. The van der Waals surface area contributed by atoms with Gasteiger partial charge in [0.25, 0.3) is 5.91 Å². The van der Waals surface area contributed by atoms with Crippen molar-refractivity contribution in [3.05, 3.63) is 71.5 Å². The molecule has 2 aromatic carbocycles. The average molecular weight is 352 g/mol. The predicted molar refractivity (Wildman–Crippen MR) is 99.6 cm³/mol. The number of carbonyl (C=O) groups excluding carboxylic acids is 1. The van der Waals surface area contributed by atoms with Crippen molar-refractivity contribution in [1.82, 2.24) is 9.78 Å². The van der Waals surface area contributed by atoms with E-state index in [0.29, 0.717) is 12.2 Å². The Kier molecular flexibility index (Phi) is 5.24. The summed E-state index contributed by atoms with van der Waals surface area (Å²) in [6.45, 7) is 6.39. The first-order valence-corrected chi connectivity index (χ1v) is 8.98. The number of rotatable bonds is 5. The molecular weight excluding hydrogens is 332 g/mol. The van der Waals surface area contributed by atoms with Crippen LogP contribution in [0.1, 0.15) is 28.7 Å². The van der Waals surface area contributed by atoms with E-state index in [0.717, 1.165) is 26.9 Å². The van der Waals surface area contributed by atoms with Gasteiger partial charge in [0.1, 0.15) is 5.75 Å². The fourth-order valence-corrected chi connectivity index (χ4v) is 3.51. The highest BCUT2D eigenvalue weighted by Gasteiger charge is 2.18. The fourth-order valence-electron chi connectivity index (χ4n) is 2.56. The lowest BCUT2D eigenvalue weighted by molar-refractivity contribution is 0.0942. The van der Waals surface area contributed by atoms with Crippen LogP contribution in [-0.2, 0) is 0 Å². The molecule has 1 heterocycles. The molecule has 0 saturated heterocycles. The zero-order valence-electron chi connectivity index (χ0n) is 14.5. The first-order valence-electron chi connectivity index (χ1n) is 8.17. The first-order chi connectivity index (χ1) is 12.1. The largest absolute Gasteiger partial charge is 0.494 e. The maximum Gasteiger partial charge on any atom is 0.278 e. The van der Waals surface area contributed by atoms with E-state index in [1.54, 1.807) is 23.9 Å². The predicted octanol–water partition coefficient (Wildman–Crippen LogP) is 4.74. The Morgan fingerprint density at radius 2 is 1.76 bits per heavy atom. The number of carbonyl (C=O) groups is 1. The third kappa shape index (κ3) is 3.77. The van der Waals surface area contributed by atoms with E-state index in [1.165, 1.54) is 4.68 Å². The summed E-state index contributed by atoms with van der Waals surface area (Å²) in [5, 5.41) is 4.46. The van der Waals surface area contributed by atoms with E-state index in [-0.39, 0.29) is 5.91 Å². The molecule has 0 spiro atoms. The Morgan fingerprint density at radius 3 is 2.40 bits per heavy atom. The Balaban J connectivity index is 1.87. The van der Waals surface area contributed by atoms with Crippen molar-refractivity contribution in [2.45, 2.75) is 30.6 Å². The zero-order chi connectivity index (χ0) is 17.8. The molecule has 0 aliphatic carbocycles. The first kappa shape index (κ1) is 17.3. The third-order valence-electron chi connectivity index (χ3n) is 3.79. The van der Waals surface area contributed by atoms with E-state index in [2.05, 4.69) is 17.2 Å². The smallest absolute Gasteiger partial charge is 0.278 e. The minimum Gasteiger partial charge on any atom is -0.494 e. The van der Waals surface area contributed by atoms with Crippen molar-refractivity contribution in [1.29, 1.82) is 0 Å². The average Bonchev–Trinajstić information content (AvgIpc) is 2.91. The number of hydrogen-bond donors (Lipinski definition) is 0. The van der Waals surface area contributed by atoms with Crippen LogP contribution in [0.15, 0.2) is 64.4 Å². The van der Waals surface area contributed by atoms with Crippen molar-refractivity contribution >= 4 is 17.7 Å². The Labute approximate surface area is 151 Å². The summed E-state index contributed by atoms with van der Waals surface area (Å²) in [6.07, 6.45) is 0. The van der Waals surface area contributed by atoms with Gasteiger partial charge >= 0.3 is 0 Å². The normalized spacial score (nSPS) is 10.7. The van der Waals surface area contributed by atoms with E-state index in [9.17, 15) is 4.79 Å². The van der Waals surface area contributed by atoms with Gasteiger partial charge in [-0.2, -0.15) is 9.78 Å². The summed E-state index contributed by atoms with van der Waals surface area (Å²) >= 11 is 1.63. The van der Waals surface area contributed by atoms with Crippen molar-refractivity contribution in [2.75, 3.05) is 6.61 Å². The molecule has 0 aliphatic rings. The second-order valence-corrected chi connectivity index (χ2v) is 6.67. The van der Waals surface area contributed by atoms with Gasteiger partial charge < -0.3 is 4.74 Å². The van der Waals surface area contributed by atoms with Crippen molar-refractivity contribution in [3.8, 4) is 5.75 Å². The van der Waals surface area contributed by atoms with Crippen molar-refractivity contribution in [2.24, 2.45) is 0 Å². The minimum atomic E-state index is -0.136. The molecule has 0 unspecified atom stereocenters. The Hall–Kier alpha value is -2.53. The van der Waals surface area contributed by atoms with E-state index >= 15 is 0 Å². The van der Waals surface area contributed by atoms with E-state index in [4.69, 9.17) is 4.74 Å². The molecule has 25 heavy (non-hydrogen) atoms. The van der Waals surface area contributed by atoms with Gasteiger partial charge in [-0.3, -0.25) is 4.79 Å². The molecule has 0 radical (unpaired) electrons. The lowest BCUT2D eigenvalue weighted by Crippen LogP contribution is -2.15. The minimum absolute atomic E-state index is 0.136. The Morgan fingerprint density at radius 1 is 1.08 bits per heavy atom. The molecule has 0 N–H and O–H groups in total. The topological polar surface area (TPSA) is 44.1 Å². The van der Waals surface area contributed by atoms with Crippen LogP contribution in [0.2, 0.25) is 0 Å². The highest BCUT2D eigenvalue weighted by molar-refractivity contribution is 7.99. The summed E-state index contributed by atoms with van der Waals surface area (Å²) in [4.78, 5) is 15.0. The molecule has 3 aromatic rings. The van der Waals surface area contributed by atoms with E-state index < -0.39 is 0 Å². The van der Waals surface area contributed by atoms with Gasteiger partial charge in [-0.05, 0) is 57.2 Å². The van der Waals surface area contributed by atoms with Crippen LogP contribution in [0.5, 0.6) is 5.75 Å². The van der Waals surface area contributed by atoms with Gasteiger partial charge in [0.2, 0.25) is 0 Å². The quantitative estimate of drug-likeness (QED) is 0.665. The summed E-state index contributed by atoms with van der Waals surface area (Å²) < 4.78 is 6.91. The SMILES string of the molecule is CCOc1ccc(C(=O)n2nc(C)c(Sc3ccccc3)c2C)cc1. The summed E-state index contributed by atoms with van der Waals surface area (Å²) in [6, 6.07) is 17.3. The molecule has 0 bridgehead atoms. The molecule has 0 aliphatic heterocycles. The summed E-state index contributed by atoms with van der Waals surface area (Å²) in [7, 11) is 0. The van der Waals surface area contributed by atoms with E-state index in [1.807, 2.05) is 51.1 Å². The second-order valence-electron chi connectivity index (χ2n) is 5.59. The number of hydrogen-bond acceptors (Lipinski definition) is 4. The van der Waals surface area contributed by atoms with Crippen molar-refractivity contribution in [3.63, 3.8) is 0 Å². The highest BCUT2D eigenvalue weighted by Crippen LogP contribution is 2.32. The number of nitrogens with zero attached hydrogens (tertiary/aromatic N) is 2. The second kappa shape index (κ2) is 7.57. The van der Waals surface area contributed by atoms with Crippen molar-refractivity contribution < 1.29 is 9.53 Å². The lowest BCUT2D eigenvalue weighted by atomic mass is 10.2. The summed E-state index contributed by atoms with van der Waals surface area (Å²) in [5.41, 5.74) is 2.29. The molecule has 0 saturated carbocycles. The molecule has 3 rings (SSSR count). The number of aromatic nitrogens is 2. The van der Waals surface area contributed by atoms with Crippen LogP contribution in [0.3, 0.4) is 0 Å². The molecule has 4 nitrogen and oxygen atoms in total. The van der Waals surface area contributed by atoms with Crippen LogP contribution in [0.25, 0.3) is 0 Å². The van der Waals surface area contributed by atoms with Crippen LogP contribution < -0.4 is 4.74 Å². The highest BCUT2D eigenvalue weighted by atomic mass is 32.2. The van der Waals surface area contributed by atoms with Gasteiger partial charge in [-0.25, -0.2) is 0 Å². The van der Waals surface area contributed by atoms with Crippen LogP contribution in [-0.4, -0.2) is 22.3 Å². The Bertz CT molecular complexity index is 871. The van der Waals surface area contributed by atoms with Crippen LogP contribution >= 0.6 is 11.8 Å². The monoisotopic (exact) mass is 352 g/mol. The zero-order valence-corrected chi connectivity index (χ0v) is 15.3. The fraction of sp³-hybridized carbons (Fsp3) is 0.200. The molecule has 5 heteroatoms. The van der Waals surface area contributed by atoms with Gasteiger partial charge in [0, 0.05) is 10.5 Å². The standard InChI is InChI=1S/C20H20N2O2S/c1-4-24-17-12-10-16(11-13-17)20(23)22-15(3)19(14(2)21-22)25-18-8-6-5-7-9-18/h5-13H,4H2,1-3H3. The maximum absolute atomic E-state index is 12.8. The molecule has 0 amide bonds. The number of aryl methyl sites for hydroxylation is 1. The molecule has 128 valence electrons. The number of ether oxygens (including phenoxy) is 1. The van der Waals surface area contributed by atoms with Crippen LogP contribution in [0, 0.1) is 13.8 Å².